The average molecular weight is 236 g/mol. The summed E-state index contributed by atoms with van der Waals surface area (Å²) in [6.45, 7) is 5.49. The van der Waals surface area contributed by atoms with Crippen LogP contribution in [0.15, 0.2) is 6.20 Å². The minimum atomic E-state index is 0.494. The van der Waals surface area contributed by atoms with Crippen LogP contribution in [-0.4, -0.2) is 28.4 Å². The van der Waals surface area contributed by atoms with E-state index in [2.05, 4.69) is 28.9 Å². The van der Waals surface area contributed by atoms with E-state index in [0.717, 1.165) is 11.4 Å². The van der Waals surface area contributed by atoms with E-state index in [4.69, 9.17) is 0 Å². The van der Waals surface area contributed by atoms with Crippen molar-refractivity contribution in [3.63, 3.8) is 0 Å². The van der Waals surface area contributed by atoms with Crippen LogP contribution in [0.25, 0.3) is 0 Å². The number of anilines is 1. The SMILES string of the molecule is Cc1nn(C)cc1NC(C)CC1CCCCN1. The molecule has 2 heterocycles. The first kappa shape index (κ1) is 12.4. The molecule has 2 rings (SSSR count). The fourth-order valence-electron chi connectivity index (χ4n) is 2.62. The second-order valence-corrected chi connectivity index (χ2v) is 5.23. The summed E-state index contributed by atoms with van der Waals surface area (Å²) in [6.07, 6.45) is 7.27. The summed E-state index contributed by atoms with van der Waals surface area (Å²) < 4.78 is 1.86. The Morgan fingerprint density at radius 3 is 3.00 bits per heavy atom. The predicted molar refractivity (Wildman–Crippen MR) is 71.3 cm³/mol. The lowest BCUT2D eigenvalue weighted by Gasteiger charge is -2.26. The molecule has 1 fully saturated rings. The number of rotatable bonds is 4. The molecule has 0 saturated carbocycles. The van der Waals surface area contributed by atoms with E-state index in [1.807, 2.05) is 18.7 Å². The molecule has 0 spiro atoms. The van der Waals surface area contributed by atoms with Crippen molar-refractivity contribution in [1.29, 1.82) is 0 Å². The van der Waals surface area contributed by atoms with Gasteiger partial charge in [0, 0.05) is 25.3 Å². The number of hydrogen-bond donors (Lipinski definition) is 2. The number of aryl methyl sites for hydroxylation is 2. The summed E-state index contributed by atoms with van der Waals surface area (Å²) in [5, 5.41) is 11.5. The van der Waals surface area contributed by atoms with Gasteiger partial charge >= 0.3 is 0 Å². The largest absolute Gasteiger partial charge is 0.380 e. The molecule has 1 aliphatic heterocycles. The van der Waals surface area contributed by atoms with E-state index < -0.39 is 0 Å². The summed E-state index contributed by atoms with van der Waals surface area (Å²) in [5.41, 5.74) is 2.24. The maximum atomic E-state index is 4.35. The Hall–Kier alpha value is -1.03. The molecular weight excluding hydrogens is 212 g/mol. The number of nitrogens with one attached hydrogen (secondary N) is 2. The molecule has 4 heteroatoms. The van der Waals surface area contributed by atoms with Crippen LogP contribution >= 0.6 is 0 Å². The Kier molecular flexibility index (Phi) is 4.05. The Morgan fingerprint density at radius 2 is 2.41 bits per heavy atom. The third-order valence-corrected chi connectivity index (χ3v) is 3.47. The van der Waals surface area contributed by atoms with E-state index in [1.165, 1.54) is 32.2 Å². The minimum absolute atomic E-state index is 0.494. The molecule has 1 aliphatic rings. The maximum Gasteiger partial charge on any atom is 0.0825 e. The average Bonchev–Trinajstić information content (AvgIpc) is 2.58. The normalized spacial score (nSPS) is 22.4. The molecule has 2 atom stereocenters. The van der Waals surface area contributed by atoms with Crippen molar-refractivity contribution >= 4 is 5.69 Å². The van der Waals surface area contributed by atoms with E-state index in [-0.39, 0.29) is 0 Å². The highest BCUT2D eigenvalue weighted by molar-refractivity contribution is 5.46. The summed E-state index contributed by atoms with van der Waals surface area (Å²) in [4.78, 5) is 0. The minimum Gasteiger partial charge on any atom is -0.380 e. The highest BCUT2D eigenvalue weighted by Crippen LogP contribution is 2.17. The molecule has 4 nitrogen and oxygen atoms in total. The molecule has 0 amide bonds. The van der Waals surface area contributed by atoms with Crippen LogP contribution in [0, 0.1) is 6.92 Å². The molecule has 1 aromatic heterocycles. The van der Waals surface area contributed by atoms with E-state index in [0.29, 0.717) is 12.1 Å². The summed E-state index contributed by atoms with van der Waals surface area (Å²) in [5.74, 6) is 0. The van der Waals surface area contributed by atoms with Crippen molar-refractivity contribution in [3.05, 3.63) is 11.9 Å². The van der Waals surface area contributed by atoms with Gasteiger partial charge in [-0.15, -0.1) is 0 Å². The van der Waals surface area contributed by atoms with Crippen LogP contribution in [0.4, 0.5) is 5.69 Å². The zero-order chi connectivity index (χ0) is 12.3. The molecule has 0 bridgehead atoms. The van der Waals surface area contributed by atoms with E-state index in [9.17, 15) is 0 Å². The fourth-order valence-corrected chi connectivity index (χ4v) is 2.62. The Labute approximate surface area is 104 Å². The van der Waals surface area contributed by atoms with Crippen molar-refractivity contribution in [2.45, 2.75) is 51.6 Å². The molecule has 1 saturated heterocycles. The van der Waals surface area contributed by atoms with Crippen LogP contribution in [0.2, 0.25) is 0 Å². The van der Waals surface area contributed by atoms with Crippen molar-refractivity contribution < 1.29 is 0 Å². The van der Waals surface area contributed by atoms with Gasteiger partial charge in [0.25, 0.3) is 0 Å². The number of nitrogens with zero attached hydrogens (tertiary/aromatic N) is 2. The quantitative estimate of drug-likeness (QED) is 0.841. The van der Waals surface area contributed by atoms with E-state index in [1.54, 1.807) is 0 Å². The first-order valence-corrected chi connectivity index (χ1v) is 6.65. The van der Waals surface area contributed by atoms with Gasteiger partial charge in [-0.1, -0.05) is 6.42 Å². The lowest BCUT2D eigenvalue weighted by atomic mass is 9.99. The van der Waals surface area contributed by atoms with Gasteiger partial charge in [-0.3, -0.25) is 4.68 Å². The Balaban J connectivity index is 1.83. The summed E-state index contributed by atoms with van der Waals surface area (Å²) in [6, 6.07) is 1.18. The first-order chi connectivity index (χ1) is 8.15. The monoisotopic (exact) mass is 236 g/mol. The van der Waals surface area contributed by atoms with Crippen molar-refractivity contribution in [2.24, 2.45) is 7.05 Å². The van der Waals surface area contributed by atoms with Gasteiger partial charge in [-0.05, 0) is 39.7 Å². The molecule has 96 valence electrons. The zero-order valence-electron chi connectivity index (χ0n) is 11.2. The second kappa shape index (κ2) is 5.54. The van der Waals surface area contributed by atoms with Gasteiger partial charge in [0.2, 0.25) is 0 Å². The molecule has 0 aromatic carbocycles. The van der Waals surface area contributed by atoms with Crippen LogP contribution in [0.3, 0.4) is 0 Å². The standard InChI is InChI=1S/C13H24N4/c1-10(8-12-6-4-5-7-14-12)15-13-9-17(3)16-11(13)2/h9-10,12,14-15H,4-8H2,1-3H3. The lowest BCUT2D eigenvalue weighted by Crippen LogP contribution is -2.37. The zero-order valence-corrected chi connectivity index (χ0v) is 11.2. The van der Waals surface area contributed by atoms with Crippen molar-refractivity contribution in [3.8, 4) is 0 Å². The Bertz CT molecular complexity index is 352. The van der Waals surface area contributed by atoms with Gasteiger partial charge in [0.05, 0.1) is 11.4 Å². The predicted octanol–water partition coefficient (Wildman–Crippen LogP) is 2.06. The van der Waals surface area contributed by atoms with E-state index >= 15 is 0 Å². The van der Waals surface area contributed by atoms with Gasteiger partial charge in [0.1, 0.15) is 0 Å². The molecule has 0 aliphatic carbocycles. The first-order valence-electron chi connectivity index (χ1n) is 6.65. The number of piperidine rings is 1. The number of aromatic nitrogens is 2. The maximum absolute atomic E-state index is 4.35. The molecule has 2 N–H and O–H groups in total. The fraction of sp³-hybridized carbons (Fsp3) is 0.769. The van der Waals surface area contributed by atoms with Crippen LogP contribution in [0.1, 0.15) is 38.3 Å². The third kappa shape index (κ3) is 3.46. The number of hydrogen-bond acceptors (Lipinski definition) is 3. The van der Waals surface area contributed by atoms with Gasteiger partial charge < -0.3 is 10.6 Å². The van der Waals surface area contributed by atoms with Crippen LogP contribution in [0.5, 0.6) is 0 Å². The van der Waals surface area contributed by atoms with Crippen molar-refractivity contribution in [2.75, 3.05) is 11.9 Å². The smallest absolute Gasteiger partial charge is 0.0825 e. The lowest BCUT2D eigenvalue weighted by molar-refractivity contribution is 0.371. The summed E-state index contributed by atoms with van der Waals surface area (Å²) in [7, 11) is 1.96. The van der Waals surface area contributed by atoms with Gasteiger partial charge in [-0.25, -0.2) is 0 Å². The topological polar surface area (TPSA) is 41.9 Å². The molecule has 2 unspecified atom stereocenters. The Morgan fingerprint density at radius 1 is 1.59 bits per heavy atom. The highest BCUT2D eigenvalue weighted by atomic mass is 15.3. The third-order valence-electron chi connectivity index (χ3n) is 3.47. The van der Waals surface area contributed by atoms with Crippen LogP contribution < -0.4 is 10.6 Å². The second-order valence-electron chi connectivity index (χ2n) is 5.23. The van der Waals surface area contributed by atoms with Crippen molar-refractivity contribution in [1.82, 2.24) is 15.1 Å². The van der Waals surface area contributed by atoms with Gasteiger partial charge in [-0.2, -0.15) is 5.10 Å². The molecule has 17 heavy (non-hydrogen) atoms. The van der Waals surface area contributed by atoms with Gasteiger partial charge in [0.15, 0.2) is 0 Å². The summed E-state index contributed by atoms with van der Waals surface area (Å²) >= 11 is 0. The molecule has 1 aromatic rings. The molecule has 0 radical (unpaired) electrons. The highest BCUT2D eigenvalue weighted by Gasteiger charge is 2.16. The molecular formula is C13H24N4. The van der Waals surface area contributed by atoms with Crippen LogP contribution in [-0.2, 0) is 7.05 Å².